The second-order valence-electron chi connectivity index (χ2n) is 5.55. The first kappa shape index (κ1) is 20.4. The maximum atomic E-state index is 13.0. The molecule has 1 N–H and O–H groups in total. The van der Waals surface area contributed by atoms with Gasteiger partial charge in [-0.15, -0.1) is 11.3 Å². The van der Waals surface area contributed by atoms with Gasteiger partial charge in [0.25, 0.3) is 0 Å². The molecule has 0 aliphatic rings. The lowest BCUT2D eigenvalue weighted by Gasteiger charge is -2.10. The largest absolute Gasteiger partial charge is 0.417 e. The minimum atomic E-state index is -4.56. The Kier molecular flexibility index (Phi) is 6.08. The number of thiazole rings is 1. The molecule has 9 heteroatoms. The van der Waals surface area contributed by atoms with Crippen molar-refractivity contribution >= 4 is 50.1 Å². The van der Waals surface area contributed by atoms with Crippen LogP contribution in [0.3, 0.4) is 0 Å². The van der Waals surface area contributed by atoms with Crippen molar-refractivity contribution in [1.82, 2.24) is 4.98 Å². The highest BCUT2D eigenvalue weighted by atomic mass is 79.9. The standard InChI is InChI=1S/C19H10BrClF3N3S/c20-13-3-1-11(2-4-13)17-10-28-18(27-17)12(8-25)9-26-14-5-6-16(21)15(7-14)19(22,23)24/h1-7,9-10,26H/b12-9+. The molecule has 0 unspecified atom stereocenters. The molecule has 3 aromatic rings. The van der Waals surface area contributed by atoms with Gasteiger partial charge in [-0.1, -0.05) is 39.7 Å². The van der Waals surface area contributed by atoms with Crippen molar-refractivity contribution in [3.05, 3.63) is 74.1 Å². The SMILES string of the molecule is N#C/C(=C\Nc1ccc(Cl)c(C(F)(F)F)c1)c1nc(-c2ccc(Br)cc2)cs1. The number of nitrogens with one attached hydrogen (secondary N) is 1. The molecule has 3 nitrogen and oxygen atoms in total. The van der Waals surface area contributed by atoms with Gasteiger partial charge in [0.15, 0.2) is 0 Å². The predicted molar refractivity (Wildman–Crippen MR) is 109 cm³/mol. The number of aromatic nitrogens is 1. The molecule has 0 radical (unpaired) electrons. The first-order valence-electron chi connectivity index (χ1n) is 7.73. The number of hydrogen-bond acceptors (Lipinski definition) is 4. The molecule has 0 bridgehead atoms. The first-order chi connectivity index (χ1) is 13.3. The zero-order valence-electron chi connectivity index (χ0n) is 13.9. The fourth-order valence-corrected chi connectivity index (χ4v) is 3.56. The molecular formula is C19H10BrClF3N3S. The van der Waals surface area contributed by atoms with Gasteiger partial charge >= 0.3 is 6.18 Å². The molecule has 28 heavy (non-hydrogen) atoms. The average Bonchev–Trinajstić information content (AvgIpc) is 3.13. The van der Waals surface area contributed by atoms with Gasteiger partial charge in [-0.2, -0.15) is 18.4 Å². The molecule has 0 fully saturated rings. The van der Waals surface area contributed by atoms with Gasteiger partial charge in [0.2, 0.25) is 0 Å². The zero-order valence-corrected chi connectivity index (χ0v) is 17.0. The van der Waals surface area contributed by atoms with E-state index >= 15 is 0 Å². The fraction of sp³-hybridized carbons (Fsp3) is 0.0526. The van der Waals surface area contributed by atoms with Crippen LogP contribution in [0.5, 0.6) is 0 Å². The Labute approximate surface area is 176 Å². The van der Waals surface area contributed by atoms with E-state index in [4.69, 9.17) is 11.6 Å². The van der Waals surface area contributed by atoms with Crippen LogP contribution in [0.4, 0.5) is 18.9 Å². The van der Waals surface area contributed by atoms with Gasteiger partial charge in [0, 0.05) is 27.3 Å². The van der Waals surface area contributed by atoms with Gasteiger partial charge < -0.3 is 5.32 Å². The highest BCUT2D eigenvalue weighted by Gasteiger charge is 2.33. The van der Waals surface area contributed by atoms with Crippen LogP contribution in [0, 0.1) is 11.3 Å². The average molecular weight is 485 g/mol. The van der Waals surface area contributed by atoms with Crippen molar-refractivity contribution in [3.63, 3.8) is 0 Å². The molecule has 1 heterocycles. The van der Waals surface area contributed by atoms with Crippen molar-refractivity contribution in [1.29, 1.82) is 5.26 Å². The minimum absolute atomic E-state index is 0.161. The summed E-state index contributed by atoms with van der Waals surface area (Å²) in [6.07, 6.45) is -3.24. The lowest BCUT2D eigenvalue weighted by atomic mass is 10.2. The maximum absolute atomic E-state index is 13.0. The number of alkyl halides is 3. The van der Waals surface area contributed by atoms with Crippen molar-refractivity contribution in [2.45, 2.75) is 6.18 Å². The van der Waals surface area contributed by atoms with E-state index in [-0.39, 0.29) is 16.3 Å². The van der Waals surface area contributed by atoms with E-state index < -0.39 is 11.7 Å². The topological polar surface area (TPSA) is 48.7 Å². The fourth-order valence-electron chi connectivity index (χ4n) is 2.28. The molecule has 2 aromatic carbocycles. The van der Waals surface area contributed by atoms with E-state index in [9.17, 15) is 18.4 Å². The Morgan fingerprint density at radius 1 is 1.21 bits per heavy atom. The van der Waals surface area contributed by atoms with Crippen molar-refractivity contribution in [2.24, 2.45) is 0 Å². The zero-order chi connectivity index (χ0) is 20.3. The molecule has 0 amide bonds. The van der Waals surface area contributed by atoms with Gasteiger partial charge in [0.05, 0.1) is 16.3 Å². The summed E-state index contributed by atoms with van der Waals surface area (Å²) in [6, 6.07) is 13.0. The van der Waals surface area contributed by atoms with E-state index in [0.29, 0.717) is 10.7 Å². The van der Waals surface area contributed by atoms with Crippen molar-refractivity contribution in [3.8, 4) is 17.3 Å². The molecule has 0 aliphatic carbocycles. The van der Waals surface area contributed by atoms with E-state index in [2.05, 4.69) is 26.2 Å². The van der Waals surface area contributed by atoms with Crippen molar-refractivity contribution < 1.29 is 13.2 Å². The van der Waals surface area contributed by atoms with Crippen molar-refractivity contribution in [2.75, 3.05) is 5.32 Å². The van der Waals surface area contributed by atoms with Crippen LogP contribution < -0.4 is 5.32 Å². The van der Waals surface area contributed by atoms with Crippen LogP contribution in [0.25, 0.3) is 16.8 Å². The Hall–Kier alpha value is -2.34. The van der Waals surface area contributed by atoms with E-state index in [1.165, 1.54) is 23.6 Å². The highest BCUT2D eigenvalue weighted by molar-refractivity contribution is 9.10. The monoisotopic (exact) mass is 483 g/mol. The van der Waals surface area contributed by atoms with E-state index in [0.717, 1.165) is 22.2 Å². The number of nitrogens with zero attached hydrogens (tertiary/aromatic N) is 2. The molecule has 1 aromatic heterocycles. The minimum Gasteiger partial charge on any atom is -0.360 e. The number of hydrogen-bond donors (Lipinski definition) is 1. The Morgan fingerprint density at radius 2 is 1.93 bits per heavy atom. The van der Waals surface area contributed by atoms with Gasteiger partial charge in [-0.25, -0.2) is 4.98 Å². The Bertz CT molecular complexity index is 1070. The second kappa shape index (κ2) is 8.35. The first-order valence-corrected chi connectivity index (χ1v) is 9.78. The number of halogens is 5. The second-order valence-corrected chi connectivity index (χ2v) is 7.73. The normalized spacial score (nSPS) is 11.9. The molecule has 142 valence electrons. The smallest absolute Gasteiger partial charge is 0.360 e. The molecular weight excluding hydrogens is 475 g/mol. The summed E-state index contributed by atoms with van der Waals surface area (Å²) in [5.74, 6) is 0. The van der Waals surface area contributed by atoms with Crippen LogP contribution in [-0.4, -0.2) is 4.98 Å². The lowest BCUT2D eigenvalue weighted by Crippen LogP contribution is -2.06. The van der Waals surface area contributed by atoms with Crippen LogP contribution in [-0.2, 0) is 6.18 Å². The Morgan fingerprint density at radius 3 is 2.57 bits per heavy atom. The van der Waals surface area contributed by atoms with Crippen LogP contribution >= 0.6 is 38.9 Å². The molecule has 0 aliphatic heterocycles. The summed E-state index contributed by atoms with van der Waals surface area (Å²) in [4.78, 5) is 4.44. The van der Waals surface area contributed by atoms with E-state index in [1.807, 2.05) is 35.7 Å². The summed E-state index contributed by atoms with van der Waals surface area (Å²) in [7, 11) is 0. The molecule has 0 saturated carbocycles. The van der Waals surface area contributed by atoms with Gasteiger partial charge in [0.1, 0.15) is 16.6 Å². The molecule has 0 saturated heterocycles. The summed E-state index contributed by atoms with van der Waals surface area (Å²) in [5.41, 5.74) is 1.02. The van der Waals surface area contributed by atoms with Crippen LogP contribution in [0.2, 0.25) is 5.02 Å². The third-order valence-electron chi connectivity index (χ3n) is 3.65. The quantitative estimate of drug-likeness (QED) is 0.398. The van der Waals surface area contributed by atoms with Gasteiger partial charge in [-0.05, 0) is 30.3 Å². The van der Waals surface area contributed by atoms with Crippen LogP contribution in [0.15, 0.2) is 58.5 Å². The molecule has 3 rings (SSSR count). The number of allylic oxidation sites excluding steroid dienone is 1. The van der Waals surface area contributed by atoms with Crippen LogP contribution in [0.1, 0.15) is 10.6 Å². The summed E-state index contributed by atoms with van der Waals surface area (Å²) in [6.45, 7) is 0. The third kappa shape index (κ3) is 4.73. The number of anilines is 1. The Balaban J connectivity index is 1.84. The summed E-state index contributed by atoms with van der Waals surface area (Å²) < 4.78 is 39.8. The highest BCUT2D eigenvalue weighted by Crippen LogP contribution is 2.36. The van der Waals surface area contributed by atoms with E-state index in [1.54, 1.807) is 0 Å². The number of rotatable bonds is 4. The summed E-state index contributed by atoms with van der Waals surface area (Å²) >= 11 is 10.2. The molecule has 0 spiro atoms. The molecule has 0 atom stereocenters. The summed E-state index contributed by atoms with van der Waals surface area (Å²) in [5, 5.41) is 14.0. The third-order valence-corrected chi connectivity index (χ3v) is 5.38. The maximum Gasteiger partial charge on any atom is 0.417 e. The van der Waals surface area contributed by atoms with Gasteiger partial charge in [-0.3, -0.25) is 0 Å². The predicted octanol–water partition coefficient (Wildman–Crippen LogP) is 7.22. The number of nitriles is 1. The number of benzene rings is 2. The lowest BCUT2D eigenvalue weighted by molar-refractivity contribution is -0.137.